The highest BCUT2D eigenvalue weighted by Gasteiger charge is 2.08. The second-order valence-corrected chi connectivity index (χ2v) is 3.81. The molecule has 0 aliphatic carbocycles. The molecular weight excluding hydrogens is 216 g/mol. The third kappa shape index (κ3) is 4.30. The molecule has 5 nitrogen and oxygen atoms in total. The number of rotatable bonds is 7. The minimum Gasteiger partial charge on any atom is -0.370 e. The van der Waals surface area contributed by atoms with Crippen LogP contribution in [0.2, 0.25) is 0 Å². The summed E-state index contributed by atoms with van der Waals surface area (Å²) in [6.45, 7) is 5.94. The number of primary amides is 1. The molecule has 17 heavy (non-hydrogen) atoms. The lowest BCUT2D eigenvalue weighted by Crippen LogP contribution is -2.33. The van der Waals surface area contributed by atoms with Gasteiger partial charge in [-0.05, 0) is 19.4 Å². The van der Waals surface area contributed by atoms with E-state index >= 15 is 0 Å². The largest absolute Gasteiger partial charge is 0.370 e. The molecule has 0 bridgehead atoms. The summed E-state index contributed by atoms with van der Waals surface area (Å²) in [4.78, 5) is 17.1. The van der Waals surface area contributed by atoms with Crippen LogP contribution in [-0.2, 0) is 4.79 Å². The van der Waals surface area contributed by atoms with Crippen LogP contribution >= 0.6 is 0 Å². The first-order chi connectivity index (χ1) is 8.17. The van der Waals surface area contributed by atoms with E-state index in [1.165, 1.54) is 0 Å². The van der Waals surface area contributed by atoms with Crippen molar-refractivity contribution in [2.45, 2.75) is 20.3 Å². The van der Waals surface area contributed by atoms with Crippen molar-refractivity contribution in [3.05, 3.63) is 18.3 Å². The summed E-state index contributed by atoms with van der Waals surface area (Å²) in [5.41, 5.74) is 6.17. The molecule has 0 unspecified atom stereocenters. The van der Waals surface area contributed by atoms with E-state index < -0.39 is 0 Å². The Bertz CT molecular complexity index is 367. The molecule has 0 fully saturated rings. The fourth-order valence-electron chi connectivity index (χ4n) is 1.54. The van der Waals surface area contributed by atoms with Crippen molar-refractivity contribution in [3.63, 3.8) is 0 Å². The summed E-state index contributed by atoms with van der Waals surface area (Å²) in [5, 5.41) is 3.21. The van der Waals surface area contributed by atoms with Crippen LogP contribution in [0.1, 0.15) is 20.3 Å². The highest BCUT2D eigenvalue weighted by Crippen LogP contribution is 2.16. The Morgan fingerprint density at radius 1 is 1.53 bits per heavy atom. The van der Waals surface area contributed by atoms with Gasteiger partial charge in [-0.3, -0.25) is 4.79 Å². The number of pyridine rings is 1. The van der Waals surface area contributed by atoms with Crippen molar-refractivity contribution < 1.29 is 4.79 Å². The summed E-state index contributed by atoms with van der Waals surface area (Å²) in [5.74, 6) is 0.499. The average molecular weight is 236 g/mol. The third-order valence-corrected chi connectivity index (χ3v) is 2.39. The Kier molecular flexibility index (Phi) is 5.26. The van der Waals surface area contributed by atoms with E-state index in [0.717, 1.165) is 31.0 Å². The van der Waals surface area contributed by atoms with Gasteiger partial charge in [0.25, 0.3) is 0 Å². The van der Waals surface area contributed by atoms with E-state index in [4.69, 9.17) is 5.73 Å². The number of nitrogens with two attached hydrogens (primary N) is 1. The molecule has 1 heterocycles. The van der Waals surface area contributed by atoms with Crippen molar-refractivity contribution >= 4 is 17.4 Å². The zero-order chi connectivity index (χ0) is 12.7. The van der Waals surface area contributed by atoms with E-state index in [-0.39, 0.29) is 12.5 Å². The van der Waals surface area contributed by atoms with E-state index in [9.17, 15) is 4.79 Å². The highest BCUT2D eigenvalue weighted by molar-refractivity contribution is 5.79. The van der Waals surface area contributed by atoms with Crippen LogP contribution in [-0.4, -0.2) is 30.5 Å². The molecule has 0 atom stereocenters. The zero-order valence-corrected chi connectivity index (χ0v) is 10.4. The molecular formula is C12H20N4O. The Hall–Kier alpha value is -1.78. The van der Waals surface area contributed by atoms with Gasteiger partial charge >= 0.3 is 0 Å². The molecule has 0 saturated carbocycles. The summed E-state index contributed by atoms with van der Waals surface area (Å²) in [7, 11) is 0. The number of nitrogens with one attached hydrogen (secondary N) is 1. The fraction of sp³-hybridized carbons (Fsp3) is 0.500. The standard InChI is InChI=1S/C12H20N4O/c1-3-6-14-12-8-10(5-7-15-12)16(4-2)9-11(13)17/h5,7-8H,3-4,6,9H2,1-2H3,(H2,13,17)(H,14,15). The van der Waals surface area contributed by atoms with Crippen molar-refractivity contribution in [2.24, 2.45) is 5.73 Å². The van der Waals surface area contributed by atoms with Gasteiger partial charge in [-0.25, -0.2) is 4.98 Å². The molecule has 1 aromatic heterocycles. The number of aromatic nitrogens is 1. The molecule has 94 valence electrons. The summed E-state index contributed by atoms with van der Waals surface area (Å²) >= 11 is 0. The Labute approximate surface area is 102 Å². The Morgan fingerprint density at radius 3 is 2.88 bits per heavy atom. The number of anilines is 2. The maximum atomic E-state index is 10.9. The molecule has 0 spiro atoms. The quantitative estimate of drug-likeness (QED) is 0.746. The van der Waals surface area contributed by atoms with Gasteiger partial charge in [0.1, 0.15) is 5.82 Å². The molecule has 0 radical (unpaired) electrons. The fourth-order valence-corrected chi connectivity index (χ4v) is 1.54. The Balaban J connectivity index is 2.77. The van der Waals surface area contributed by atoms with E-state index in [0.29, 0.717) is 0 Å². The highest BCUT2D eigenvalue weighted by atomic mass is 16.1. The predicted octanol–water partition coefficient (Wildman–Crippen LogP) is 1.22. The Morgan fingerprint density at radius 2 is 2.29 bits per heavy atom. The van der Waals surface area contributed by atoms with Gasteiger partial charge in [-0.1, -0.05) is 6.92 Å². The molecule has 1 aromatic rings. The molecule has 0 aromatic carbocycles. The van der Waals surface area contributed by atoms with E-state index in [2.05, 4.69) is 17.2 Å². The van der Waals surface area contributed by atoms with Gasteiger partial charge < -0.3 is 16.0 Å². The summed E-state index contributed by atoms with van der Waals surface area (Å²) in [6, 6.07) is 3.81. The first-order valence-electron chi connectivity index (χ1n) is 5.90. The van der Waals surface area contributed by atoms with Crippen LogP contribution in [0.3, 0.4) is 0 Å². The monoisotopic (exact) mass is 236 g/mol. The minimum atomic E-state index is -0.327. The molecule has 1 amide bonds. The van der Waals surface area contributed by atoms with Crippen molar-refractivity contribution in [1.29, 1.82) is 0 Å². The van der Waals surface area contributed by atoms with Crippen LogP contribution in [0, 0.1) is 0 Å². The van der Waals surface area contributed by atoms with E-state index in [1.807, 2.05) is 24.0 Å². The number of carbonyl (C=O) groups is 1. The van der Waals surface area contributed by atoms with Gasteiger partial charge in [0.05, 0.1) is 6.54 Å². The van der Waals surface area contributed by atoms with Crippen LogP contribution in [0.4, 0.5) is 11.5 Å². The van der Waals surface area contributed by atoms with Gasteiger partial charge in [0.15, 0.2) is 0 Å². The lowest BCUT2D eigenvalue weighted by atomic mass is 10.3. The number of likely N-dealkylation sites (N-methyl/N-ethyl adjacent to an activating group) is 1. The third-order valence-electron chi connectivity index (χ3n) is 2.39. The van der Waals surface area contributed by atoms with Gasteiger partial charge in [-0.15, -0.1) is 0 Å². The number of carbonyl (C=O) groups excluding carboxylic acids is 1. The molecule has 1 rings (SSSR count). The molecule has 0 aliphatic rings. The second-order valence-electron chi connectivity index (χ2n) is 3.81. The SMILES string of the molecule is CCCNc1cc(N(CC)CC(N)=O)ccn1. The normalized spacial score (nSPS) is 10.0. The lowest BCUT2D eigenvalue weighted by Gasteiger charge is -2.21. The number of hydrogen-bond donors (Lipinski definition) is 2. The van der Waals surface area contributed by atoms with Crippen LogP contribution < -0.4 is 16.0 Å². The number of amides is 1. The average Bonchev–Trinajstić information content (AvgIpc) is 2.33. The first-order valence-corrected chi connectivity index (χ1v) is 5.90. The summed E-state index contributed by atoms with van der Waals surface area (Å²) < 4.78 is 0. The van der Waals surface area contributed by atoms with Crippen LogP contribution in [0.15, 0.2) is 18.3 Å². The maximum Gasteiger partial charge on any atom is 0.236 e. The maximum absolute atomic E-state index is 10.9. The van der Waals surface area contributed by atoms with E-state index in [1.54, 1.807) is 6.20 Å². The number of hydrogen-bond acceptors (Lipinski definition) is 4. The number of nitrogens with zero attached hydrogens (tertiary/aromatic N) is 2. The lowest BCUT2D eigenvalue weighted by molar-refractivity contribution is -0.116. The van der Waals surface area contributed by atoms with Crippen molar-refractivity contribution in [3.8, 4) is 0 Å². The molecule has 0 saturated heterocycles. The molecule has 3 N–H and O–H groups in total. The first kappa shape index (κ1) is 13.3. The summed E-state index contributed by atoms with van der Waals surface area (Å²) in [6.07, 6.45) is 2.78. The molecule has 0 aliphatic heterocycles. The smallest absolute Gasteiger partial charge is 0.236 e. The second kappa shape index (κ2) is 6.73. The predicted molar refractivity (Wildman–Crippen MR) is 70.1 cm³/mol. The van der Waals surface area contributed by atoms with Crippen molar-refractivity contribution in [1.82, 2.24) is 4.98 Å². The van der Waals surface area contributed by atoms with Crippen molar-refractivity contribution in [2.75, 3.05) is 29.9 Å². The zero-order valence-electron chi connectivity index (χ0n) is 10.4. The van der Waals surface area contributed by atoms with Gasteiger partial charge in [-0.2, -0.15) is 0 Å². The van der Waals surface area contributed by atoms with Gasteiger partial charge in [0, 0.05) is 31.0 Å². The van der Waals surface area contributed by atoms with Gasteiger partial charge in [0.2, 0.25) is 5.91 Å². The topological polar surface area (TPSA) is 71.2 Å². The van der Waals surface area contributed by atoms with Crippen LogP contribution in [0.25, 0.3) is 0 Å². The minimum absolute atomic E-state index is 0.230. The molecule has 5 heteroatoms. The van der Waals surface area contributed by atoms with Crippen LogP contribution in [0.5, 0.6) is 0 Å².